The molecule has 1 amide bonds. The standard InChI is InChI=1S/C21H22ClNO4/c1-13(2)27-21-18(22)10-15(11-19(21)26-4)8-9-20(25)23-17-7-5-6-16(12-17)14(3)24/h5-13H,1-4H3,(H,23,25)/b9-8+. The predicted octanol–water partition coefficient (Wildman–Crippen LogP) is 4.99. The van der Waals surface area contributed by atoms with Crippen molar-refractivity contribution in [2.75, 3.05) is 12.4 Å². The molecule has 0 unspecified atom stereocenters. The van der Waals surface area contributed by atoms with Gasteiger partial charge in [0.05, 0.1) is 18.2 Å². The molecule has 2 aromatic rings. The zero-order valence-electron chi connectivity index (χ0n) is 15.7. The topological polar surface area (TPSA) is 64.6 Å². The summed E-state index contributed by atoms with van der Waals surface area (Å²) in [6.07, 6.45) is 2.96. The summed E-state index contributed by atoms with van der Waals surface area (Å²) in [6, 6.07) is 10.2. The monoisotopic (exact) mass is 387 g/mol. The summed E-state index contributed by atoms with van der Waals surface area (Å²) in [5.41, 5.74) is 1.78. The molecule has 2 aromatic carbocycles. The van der Waals surface area contributed by atoms with Gasteiger partial charge in [-0.1, -0.05) is 23.7 Å². The number of ketones is 1. The van der Waals surface area contributed by atoms with Gasteiger partial charge in [0.2, 0.25) is 5.91 Å². The van der Waals surface area contributed by atoms with Crippen LogP contribution in [0.3, 0.4) is 0 Å². The minimum atomic E-state index is -0.326. The molecule has 0 saturated heterocycles. The molecule has 0 aliphatic heterocycles. The minimum absolute atomic E-state index is 0.0469. The number of benzene rings is 2. The molecule has 6 heteroatoms. The maximum Gasteiger partial charge on any atom is 0.248 e. The number of carbonyl (C=O) groups excluding carboxylic acids is 2. The van der Waals surface area contributed by atoms with Crippen molar-refractivity contribution in [2.45, 2.75) is 26.9 Å². The summed E-state index contributed by atoms with van der Waals surface area (Å²) >= 11 is 6.28. The number of nitrogens with one attached hydrogen (secondary N) is 1. The van der Waals surface area contributed by atoms with E-state index in [4.69, 9.17) is 21.1 Å². The van der Waals surface area contributed by atoms with Crippen LogP contribution in [0.2, 0.25) is 5.02 Å². The number of rotatable bonds is 7. The summed E-state index contributed by atoms with van der Waals surface area (Å²) in [4.78, 5) is 23.6. The van der Waals surface area contributed by atoms with E-state index in [1.165, 1.54) is 20.1 Å². The number of ether oxygens (including phenoxy) is 2. The van der Waals surface area contributed by atoms with Crippen LogP contribution >= 0.6 is 11.6 Å². The Morgan fingerprint density at radius 3 is 2.56 bits per heavy atom. The second-order valence-electron chi connectivity index (χ2n) is 6.16. The van der Waals surface area contributed by atoms with Gasteiger partial charge in [0.15, 0.2) is 17.3 Å². The van der Waals surface area contributed by atoms with Crippen LogP contribution in [0.5, 0.6) is 11.5 Å². The zero-order valence-corrected chi connectivity index (χ0v) is 16.5. The molecule has 5 nitrogen and oxygen atoms in total. The lowest BCUT2D eigenvalue weighted by Crippen LogP contribution is -2.08. The second-order valence-corrected chi connectivity index (χ2v) is 6.57. The number of hydrogen-bond acceptors (Lipinski definition) is 4. The van der Waals surface area contributed by atoms with E-state index in [1.807, 2.05) is 13.8 Å². The summed E-state index contributed by atoms with van der Waals surface area (Å²) in [5.74, 6) is 0.572. The summed E-state index contributed by atoms with van der Waals surface area (Å²) < 4.78 is 11.0. The molecule has 0 aromatic heterocycles. The van der Waals surface area contributed by atoms with Crippen LogP contribution in [0.25, 0.3) is 6.08 Å². The van der Waals surface area contributed by atoms with Crippen molar-refractivity contribution in [1.29, 1.82) is 0 Å². The highest BCUT2D eigenvalue weighted by molar-refractivity contribution is 6.32. The van der Waals surface area contributed by atoms with E-state index in [0.29, 0.717) is 33.3 Å². The Kier molecular flexibility index (Phi) is 7.02. The van der Waals surface area contributed by atoms with Gasteiger partial charge in [-0.3, -0.25) is 9.59 Å². The summed E-state index contributed by atoms with van der Waals surface area (Å²) in [7, 11) is 1.53. The van der Waals surface area contributed by atoms with Crippen LogP contribution in [0.1, 0.15) is 36.7 Å². The molecule has 0 heterocycles. The van der Waals surface area contributed by atoms with Crippen molar-refractivity contribution >= 4 is 35.1 Å². The van der Waals surface area contributed by atoms with Crippen molar-refractivity contribution < 1.29 is 19.1 Å². The van der Waals surface area contributed by atoms with Gasteiger partial charge in [-0.15, -0.1) is 0 Å². The Hall–Kier alpha value is -2.79. The lowest BCUT2D eigenvalue weighted by Gasteiger charge is -2.15. The first-order valence-corrected chi connectivity index (χ1v) is 8.82. The largest absolute Gasteiger partial charge is 0.493 e. The van der Waals surface area contributed by atoms with Gasteiger partial charge < -0.3 is 14.8 Å². The van der Waals surface area contributed by atoms with Gasteiger partial charge in [-0.2, -0.15) is 0 Å². The normalized spacial score (nSPS) is 10.9. The van der Waals surface area contributed by atoms with Crippen molar-refractivity contribution in [2.24, 2.45) is 0 Å². The zero-order chi connectivity index (χ0) is 20.0. The fraction of sp³-hybridized carbons (Fsp3) is 0.238. The maximum absolute atomic E-state index is 12.1. The van der Waals surface area contributed by atoms with Gasteiger partial charge in [-0.05, 0) is 56.7 Å². The molecule has 0 bridgehead atoms. The van der Waals surface area contributed by atoms with Crippen LogP contribution in [-0.2, 0) is 4.79 Å². The molecule has 0 atom stereocenters. The number of halogens is 1. The Bertz CT molecular complexity index is 874. The third-order valence-corrected chi connectivity index (χ3v) is 3.85. The van der Waals surface area contributed by atoms with Gasteiger partial charge in [0, 0.05) is 17.3 Å². The van der Waals surface area contributed by atoms with Crippen molar-refractivity contribution in [3.63, 3.8) is 0 Å². The number of amides is 1. The predicted molar refractivity (Wildman–Crippen MR) is 108 cm³/mol. The van der Waals surface area contributed by atoms with E-state index in [1.54, 1.807) is 42.5 Å². The summed E-state index contributed by atoms with van der Waals surface area (Å²) in [5, 5.41) is 3.12. The first-order chi connectivity index (χ1) is 12.8. The Morgan fingerprint density at radius 1 is 1.19 bits per heavy atom. The molecule has 142 valence electrons. The highest BCUT2D eigenvalue weighted by atomic mass is 35.5. The van der Waals surface area contributed by atoms with E-state index in [0.717, 1.165) is 0 Å². The lowest BCUT2D eigenvalue weighted by atomic mass is 10.1. The maximum atomic E-state index is 12.1. The number of methoxy groups -OCH3 is 1. The molecular weight excluding hydrogens is 366 g/mol. The molecular formula is C21H22ClNO4. The van der Waals surface area contributed by atoms with E-state index < -0.39 is 0 Å². The fourth-order valence-electron chi connectivity index (χ4n) is 2.36. The summed E-state index contributed by atoms with van der Waals surface area (Å²) in [6.45, 7) is 5.27. The molecule has 1 N–H and O–H groups in total. The van der Waals surface area contributed by atoms with E-state index in [2.05, 4.69) is 5.32 Å². The highest BCUT2D eigenvalue weighted by Gasteiger charge is 2.13. The molecule has 2 rings (SSSR count). The Balaban J connectivity index is 2.15. The number of carbonyl (C=O) groups is 2. The molecule has 0 aliphatic rings. The molecule has 0 fully saturated rings. The molecule has 0 radical (unpaired) electrons. The average Bonchev–Trinajstić information content (AvgIpc) is 2.61. The van der Waals surface area contributed by atoms with E-state index in [-0.39, 0.29) is 17.8 Å². The second kappa shape index (κ2) is 9.24. The quantitative estimate of drug-likeness (QED) is 0.537. The van der Waals surface area contributed by atoms with Gasteiger partial charge in [0.1, 0.15) is 0 Å². The third kappa shape index (κ3) is 5.86. The van der Waals surface area contributed by atoms with Crippen molar-refractivity contribution in [1.82, 2.24) is 0 Å². The molecule has 27 heavy (non-hydrogen) atoms. The van der Waals surface area contributed by atoms with E-state index >= 15 is 0 Å². The fourth-order valence-corrected chi connectivity index (χ4v) is 2.62. The van der Waals surface area contributed by atoms with Crippen LogP contribution in [0, 0.1) is 0 Å². The number of hydrogen-bond donors (Lipinski definition) is 1. The smallest absolute Gasteiger partial charge is 0.248 e. The molecule has 0 aliphatic carbocycles. The first kappa shape index (κ1) is 20.5. The SMILES string of the molecule is COc1cc(/C=C/C(=O)Nc2cccc(C(C)=O)c2)cc(Cl)c1OC(C)C. The van der Waals surface area contributed by atoms with Gasteiger partial charge in [0.25, 0.3) is 0 Å². The molecule has 0 saturated carbocycles. The minimum Gasteiger partial charge on any atom is -0.493 e. The van der Waals surface area contributed by atoms with Crippen molar-refractivity contribution in [3.8, 4) is 11.5 Å². The first-order valence-electron chi connectivity index (χ1n) is 8.44. The Morgan fingerprint density at radius 2 is 1.93 bits per heavy atom. The average molecular weight is 388 g/mol. The van der Waals surface area contributed by atoms with Crippen LogP contribution in [-0.4, -0.2) is 24.9 Å². The highest BCUT2D eigenvalue weighted by Crippen LogP contribution is 2.37. The van der Waals surface area contributed by atoms with Gasteiger partial charge >= 0.3 is 0 Å². The molecule has 0 spiro atoms. The lowest BCUT2D eigenvalue weighted by molar-refractivity contribution is -0.111. The van der Waals surface area contributed by atoms with Gasteiger partial charge in [-0.25, -0.2) is 0 Å². The van der Waals surface area contributed by atoms with Crippen LogP contribution < -0.4 is 14.8 Å². The number of anilines is 1. The van der Waals surface area contributed by atoms with Crippen LogP contribution in [0.15, 0.2) is 42.5 Å². The van der Waals surface area contributed by atoms with E-state index in [9.17, 15) is 9.59 Å². The number of Topliss-reactive ketones (excluding diaryl/α,β-unsaturated/α-hetero) is 1. The Labute approximate surface area is 163 Å². The van der Waals surface area contributed by atoms with Crippen molar-refractivity contribution in [3.05, 3.63) is 58.6 Å². The van der Waals surface area contributed by atoms with Crippen LogP contribution in [0.4, 0.5) is 5.69 Å². The third-order valence-electron chi connectivity index (χ3n) is 3.57.